The first kappa shape index (κ1) is 17.3. The Morgan fingerprint density at radius 2 is 2.00 bits per heavy atom. The molecule has 0 aromatic heterocycles. The van der Waals surface area contributed by atoms with Gasteiger partial charge in [0.15, 0.2) is 5.96 Å². The summed E-state index contributed by atoms with van der Waals surface area (Å²) in [4.78, 5) is 4.37. The highest BCUT2D eigenvalue weighted by molar-refractivity contribution is 5.78. The van der Waals surface area contributed by atoms with Crippen molar-refractivity contribution in [3.05, 3.63) is 29.3 Å². The van der Waals surface area contributed by atoms with Gasteiger partial charge in [-0.3, -0.25) is 0 Å². The molecule has 1 aromatic carbocycles. The number of aryl methyl sites for hydroxylation is 1. The molecule has 0 unspecified atom stereocenters. The van der Waals surface area contributed by atoms with Crippen molar-refractivity contribution in [1.82, 2.24) is 5.32 Å². The number of nitrogens with two attached hydrogens (primary N) is 1. The highest BCUT2D eigenvalue weighted by atomic mass is 16.5. The third kappa shape index (κ3) is 6.99. The quantitative estimate of drug-likeness (QED) is 0.479. The molecule has 0 heterocycles. The zero-order chi connectivity index (χ0) is 15.9. The van der Waals surface area contributed by atoms with E-state index >= 15 is 0 Å². The van der Waals surface area contributed by atoms with Crippen LogP contribution in [0.1, 0.15) is 31.9 Å². The molecule has 0 amide bonds. The number of nitrogens with one attached hydrogen (secondary N) is 1. The minimum atomic E-state index is -0.0986. The molecule has 0 aliphatic rings. The van der Waals surface area contributed by atoms with Crippen molar-refractivity contribution < 1.29 is 9.47 Å². The van der Waals surface area contributed by atoms with Crippen molar-refractivity contribution in [2.24, 2.45) is 10.7 Å². The Labute approximate surface area is 127 Å². The van der Waals surface area contributed by atoms with Crippen LogP contribution in [0.25, 0.3) is 0 Å². The van der Waals surface area contributed by atoms with Gasteiger partial charge in [0.1, 0.15) is 12.4 Å². The van der Waals surface area contributed by atoms with Gasteiger partial charge in [0, 0.05) is 18.2 Å². The van der Waals surface area contributed by atoms with Crippen molar-refractivity contribution >= 4 is 5.96 Å². The fourth-order valence-corrected chi connectivity index (χ4v) is 1.76. The van der Waals surface area contributed by atoms with Crippen LogP contribution in [0.3, 0.4) is 0 Å². The average molecular weight is 293 g/mol. The fraction of sp³-hybridized carbons (Fsp3) is 0.562. The van der Waals surface area contributed by atoms with E-state index in [1.54, 1.807) is 7.11 Å². The number of methoxy groups -OCH3 is 1. The molecule has 1 rings (SSSR count). The molecule has 0 atom stereocenters. The molecule has 3 N–H and O–H groups in total. The van der Waals surface area contributed by atoms with Gasteiger partial charge in [-0.1, -0.05) is 12.1 Å². The van der Waals surface area contributed by atoms with Gasteiger partial charge in [-0.25, -0.2) is 4.99 Å². The lowest BCUT2D eigenvalue weighted by molar-refractivity contribution is 0.146. The minimum absolute atomic E-state index is 0.0986. The Morgan fingerprint density at radius 1 is 1.29 bits per heavy atom. The predicted molar refractivity (Wildman–Crippen MR) is 86.8 cm³/mol. The summed E-state index contributed by atoms with van der Waals surface area (Å²) in [6.07, 6.45) is 0. The maximum Gasteiger partial charge on any atom is 0.189 e. The number of hydrogen-bond acceptors (Lipinski definition) is 3. The summed E-state index contributed by atoms with van der Waals surface area (Å²) in [5.74, 6) is 1.27. The van der Waals surface area contributed by atoms with Crippen molar-refractivity contribution in [2.75, 3.05) is 20.3 Å². The Hall–Kier alpha value is -1.75. The standard InChI is InChI=1S/C16H27N3O2/c1-12-6-7-13(14(10-12)21-9-8-20-5)11-18-15(17)19-16(2,3)4/h6-7,10H,8-9,11H2,1-5H3,(H3,17,18,19). The lowest BCUT2D eigenvalue weighted by atomic mass is 10.1. The third-order valence-electron chi connectivity index (χ3n) is 2.69. The number of nitrogens with zero attached hydrogens (tertiary/aromatic N) is 1. The SMILES string of the molecule is COCCOc1cc(C)ccc1CN=C(N)NC(C)(C)C. The number of aliphatic imine (C=N–C) groups is 1. The molecule has 0 radical (unpaired) electrons. The summed E-state index contributed by atoms with van der Waals surface area (Å²) in [6.45, 7) is 9.72. The Morgan fingerprint density at radius 3 is 2.62 bits per heavy atom. The van der Waals surface area contributed by atoms with E-state index in [1.807, 2.05) is 45.9 Å². The van der Waals surface area contributed by atoms with Gasteiger partial charge in [0.05, 0.1) is 13.2 Å². The first-order valence-corrected chi connectivity index (χ1v) is 7.11. The lowest BCUT2D eigenvalue weighted by Crippen LogP contribution is -2.44. The van der Waals surface area contributed by atoms with E-state index in [-0.39, 0.29) is 5.54 Å². The molecule has 0 saturated heterocycles. The van der Waals surface area contributed by atoms with Gasteiger partial charge >= 0.3 is 0 Å². The zero-order valence-corrected chi connectivity index (χ0v) is 13.7. The second-order valence-electron chi connectivity index (χ2n) is 6.03. The molecule has 5 nitrogen and oxygen atoms in total. The molecule has 118 valence electrons. The van der Waals surface area contributed by atoms with E-state index in [1.165, 1.54) is 0 Å². The predicted octanol–water partition coefficient (Wildman–Crippen LogP) is 2.22. The second-order valence-corrected chi connectivity index (χ2v) is 6.03. The first-order chi connectivity index (χ1) is 9.81. The van der Waals surface area contributed by atoms with Crippen molar-refractivity contribution in [3.63, 3.8) is 0 Å². The third-order valence-corrected chi connectivity index (χ3v) is 2.69. The second kappa shape index (κ2) is 7.88. The Bertz CT molecular complexity index is 479. The van der Waals surface area contributed by atoms with E-state index in [0.29, 0.717) is 25.7 Å². The number of benzene rings is 1. The van der Waals surface area contributed by atoms with Crippen LogP contribution < -0.4 is 15.8 Å². The first-order valence-electron chi connectivity index (χ1n) is 7.11. The van der Waals surface area contributed by atoms with Crippen LogP contribution in [0.4, 0.5) is 0 Å². The highest BCUT2D eigenvalue weighted by Crippen LogP contribution is 2.21. The monoisotopic (exact) mass is 293 g/mol. The van der Waals surface area contributed by atoms with E-state index in [4.69, 9.17) is 15.2 Å². The van der Waals surface area contributed by atoms with Crippen LogP contribution >= 0.6 is 0 Å². The van der Waals surface area contributed by atoms with E-state index in [0.717, 1.165) is 16.9 Å². The van der Waals surface area contributed by atoms with Gasteiger partial charge in [0.2, 0.25) is 0 Å². The fourth-order valence-electron chi connectivity index (χ4n) is 1.76. The van der Waals surface area contributed by atoms with Crippen LogP contribution in [0.15, 0.2) is 23.2 Å². The maximum atomic E-state index is 5.89. The molecule has 1 aromatic rings. The van der Waals surface area contributed by atoms with Gasteiger partial charge in [-0.05, 0) is 39.3 Å². The van der Waals surface area contributed by atoms with Crippen LogP contribution in [-0.2, 0) is 11.3 Å². The van der Waals surface area contributed by atoms with Gasteiger partial charge in [0.25, 0.3) is 0 Å². The number of hydrogen-bond donors (Lipinski definition) is 2. The molecular weight excluding hydrogens is 266 g/mol. The summed E-state index contributed by atoms with van der Waals surface area (Å²) in [7, 11) is 1.66. The van der Waals surface area contributed by atoms with Crippen LogP contribution in [0.2, 0.25) is 0 Å². The smallest absolute Gasteiger partial charge is 0.189 e. The largest absolute Gasteiger partial charge is 0.491 e. The molecule has 0 bridgehead atoms. The summed E-state index contributed by atoms with van der Waals surface area (Å²) in [6, 6.07) is 6.07. The molecule has 21 heavy (non-hydrogen) atoms. The molecule has 0 aliphatic carbocycles. The number of ether oxygens (including phenoxy) is 2. The van der Waals surface area contributed by atoms with Crippen molar-refractivity contribution in [1.29, 1.82) is 0 Å². The highest BCUT2D eigenvalue weighted by Gasteiger charge is 2.10. The van der Waals surface area contributed by atoms with Gasteiger partial charge in [-0.15, -0.1) is 0 Å². The van der Waals surface area contributed by atoms with E-state index in [2.05, 4.69) is 10.3 Å². The topological polar surface area (TPSA) is 68.9 Å². The molecule has 0 saturated carbocycles. The van der Waals surface area contributed by atoms with E-state index < -0.39 is 0 Å². The minimum Gasteiger partial charge on any atom is -0.491 e. The van der Waals surface area contributed by atoms with Gasteiger partial charge < -0.3 is 20.5 Å². The zero-order valence-electron chi connectivity index (χ0n) is 13.7. The summed E-state index contributed by atoms with van der Waals surface area (Å²) in [5.41, 5.74) is 7.95. The number of guanidine groups is 1. The van der Waals surface area contributed by atoms with E-state index in [9.17, 15) is 0 Å². The molecule has 0 aliphatic heterocycles. The average Bonchev–Trinajstić information content (AvgIpc) is 2.36. The van der Waals surface area contributed by atoms with Crippen LogP contribution in [0, 0.1) is 6.92 Å². The van der Waals surface area contributed by atoms with Gasteiger partial charge in [-0.2, -0.15) is 0 Å². The maximum absolute atomic E-state index is 5.89. The summed E-state index contributed by atoms with van der Waals surface area (Å²) >= 11 is 0. The summed E-state index contributed by atoms with van der Waals surface area (Å²) < 4.78 is 10.7. The van der Waals surface area contributed by atoms with Crippen LogP contribution in [-0.4, -0.2) is 31.8 Å². The number of rotatable bonds is 6. The van der Waals surface area contributed by atoms with Crippen LogP contribution in [0.5, 0.6) is 5.75 Å². The normalized spacial score (nSPS) is 12.3. The molecule has 5 heteroatoms. The Balaban J connectivity index is 2.75. The van der Waals surface area contributed by atoms with Crippen molar-refractivity contribution in [2.45, 2.75) is 39.8 Å². The lowest BCUT2D eigenvalue weighted by Gasteiger charge is -2.21. The van der Waals surface area contributed by atoms with Crippen molar-refractivity contribution in [3.8, 4) is 5.75 Å². The Kier molecular flexibility index (Phi) is 6.49. The molecular formula is C16H27N3O2. The molecule has 0 fully saturated rings. The molecule has 0 spiro atoms. The summed E-state index contributed by atoms with van der Waals surface area (Å²) in [5, 5.41) is 3.14.